The van der Waals surface area contributed by atoms with Crippen molar-refractivity contribution in [3.63, 3.8) is 0 Å². The van der Waals surface area contributed by atoms with Crippen LogP contribution in [0, 0.1) is 0 Å². The summed E-state index contributed by atoms with van der Waals surface area (Å²) < 4.78 is 0. The van der Waals surface area contributed by atoms with E-state index in [2.05, 4.69) is 63.2 Å². The van der Waals surface area contributed by atoms with Crippen molar-refractivity contribution in [3.8, 4) is 0 Å². The van der Waals surface area contributed by atoms with Crippen LogP contribution in [0.4, 0.5) is 11.4 Å². The van der Waals surface area contributed by atoms with Gasteiger partial charge in [-0.25, -0.2) is 9.59 Å². The van der Waals surface area contributed by atoms with E-state index in [1.54, 1.807) is 0 Å². The molecule has 0 aliphatic carbocycles. The lowest BCUT2D eigenvalue weighted by atomic mass is 9.83. The molecule has 0 aromatic heterocycles. The number of amides is 1. The van der Waals surface area contributed by atoms with Crippen molar-refractivity contribution in [2.75, 3.05) is 44.2 Å². The van der Waals surface area contributed by atoms with Crippen LogP contribution in [-0.4, -0.2) is 82.7 Å². The van der Waals surface area contributed by atoms with E-state index in [0.717, 1.165) is 71.4 Å². The molecule has 220 valence electrons. The minimum atomic E-state index is -1.26. The molecular weight excluding hydrogens is 520 g/mol. The quantitative estimate of drug-likeness (QED) is 0.415. The maximum Gasteiger partial charge on any atom is 0.328 e. The molecule has 2 saturated heterocycles. The van der Waals surface area contributed by atoms with Crippen LogP contribution in [0.3, 0.4) is 0 Å². The summed E-state index contributed by atoms with van der Waals surface area (Å²) in [5, 5.41) is 15.6. The summed E-state index contributed by atoms with van der Waals surface area (Å²) in [6.07, 6.45) is 9.83. The highest BCUT2D eigenvalue weighted by atomic mass is 16.4. The third-order valence-corrected chi connectivity index (χ3v) is 8.56. The average Bonchev–Trinajstić information content (AvgIpc) is 3.14. The second-order valence-corrected chi connectivity index (χ2v) is 11.1. The first-order chi connectivity index (χ1) is 19.8. The van der Waals surface area contributed by atoms with Gasteiger partial charge in [-0.15, -0.1) is 0 Å². The van der Waals surface area contributed by atoms with Crippen LogP contribution in [0.1, 0.15) is 49.7 Å². The number of carboxylic acid groups (broad SMARTS) is 2. The van der Waals surface area contributed by atoms with Gasteiger partial charge in [-0.1, -0.05) is 42.8 Å². The Balaban J connectivity index is 0.000000426. The number of benzene rings is 2. The molecule has 1 amide bonds. The van der Waals surface area contributed by atoms with E-state index in [1.807, 2.05) is 0 Å². The highest BCUT2D eigenvalue weighted by Crippen LogP contribution is 2.36. The van der Waals surface area contributed by atoms with Crippen molar-refractivity contribution < 1.29 is 24.6 Å². The Morgan fingerprint density at radius 1 is 0.756 bits per heavy atom. The standard InChI is InChI=1S/C28H38N4O.C4H4O4/c29-27(33)28(31-18-6-1-7-19-31)15-21-30(22-16-28)17-8-20-32-25-11-4-2-9-23(25)13-14-24-10-3-5-12-26(24)32;5-3(6)1-2-4(7)8/h2-5,9-12H,1,6-8,13-22H2,(H2,29,33);1-2H,(H,5,6)(H,7,8)/b;2-1-. The fourth-order valence-corrected chi connectivity index (χ4v) is 6.39. The maximum atomic E-state index is 12.5. The zero-order valence-corrected chi connectivity index (χ0v) is 23.7. The van der Waals surface area contributed by atoms with Crippen molar-refractivity contribution in [2.24, 2.45) is 5.73 Å². The molecule has 0 bridgehead atoms. The number of anilines is 2. The predicted octanol–water partition coefficient (Wildman–Crippen LogP) is 3.83. The molecule has 41 heavy (non-hydrogen) atoms. The Kier molecular flexibility index (Phi) is 10.5. The predicted molar refractivity (Wildman–Crippen MR) is 159 cm³/mol. The van der Waals surface area contributed by atoms with Gasteiger partial charge in [0.25, 0.3) is 0 Å². The molecule has 0 spiro atoms. The minimum absolute atomic E-state index is 0.109. The highest BCUT2D eigenvalue weighted by molar-refractivity contribution is 5.89. The molecule has 0 radical (unpaired) electrons. The molecule has 9 heteroatoms. The molecule has 2 aromatic rings. The third kappa shape index (κ3) is 7.74. The van der Waals surface area contributed by atoms with Crippen LogP contribution in [0.5, 0.6) is 0 Å². The normalized spacial score (nSPS) is 18.9. The Morgan fingerprint density at radius 3 is 1.76 bits per heavy atom. The topological polar surface area (TPSA) is 127 Å². The average molecular weight is 563 g/mol. The molecule has 9 nitrogen and oxygen atoms in total. The van der Waals surface area contributed by atoms with Gasteiger partial charge in [0.2, 0.25) is 5.91 Å². The van der Waals surface area contributed by atoms with E-state index in [4.69, 9.17) is 15.9 Å². The van der Waals surface area contributed by atoms with Gasteiger partial charge in [0.1, 0.15) is 5.54 Å². The molecule has 5 rings (SSSR count). The molecule has 3 aliphatic rings. The van der Waals surface area contributed by atoms with Crippen LogP contribution in [0.15, 0.2) is 60.7 Å². The molecule has 0 unspecified atom stereocenters. The number of piperidine rings is 2. The maximum absolute atomic E-state index is 12.5. The van der Waals surface area contributed by atoms with Crippen LogP contribution < -0.4 is 10.6 Å². The van der Waals surface area contributed by atoms with E-state index < -0.39 is 17.5 Å². The first kappa shape index (κ1) is 30.3. The number of nitrogens with zero attached hydrogens (tertiary/aromatic N) is 3. The first-order valence-electron chi connectivity index (χ1n) is 14.6. The third-order valence-electron chi connectivity index (χ3n) is 8.56. The van der Waals surface area contributed by atoms with Gasteiger partial charge in [0.15, 0.2) is 0 Å². The zero-order valence-electron chi connectivity index (χ0n) is 23.7. The van der Waals surface area contributed by atoms with E-state index in [1.165, 1.54) is 41.8 Å². The van der Waals surface area contributed by atoms with E-state index in [0.29, 0.717) is 12.2 Å². The zero-order chi connectivity index (χ0) is 29.2. The Hall–Kier alpha value is -3.69. The summed E-state index contributed by atoms with van der Waals surface area (Å²) in [6.45, 7) is 6.06. The molecule has 4 N–H and O–H groups in total. The number of likely N-dealkylation sites (tertiary alicyclic amines) is 2. The number of fused-ring (bicyclic) bond motifs is 2. The number of aliphatic carboxylic acids is 2. The second-order valence-electron chi connectivity index (χ2n) is 11.1. The van der Waals surface area contributed by atoms with Crippen LogP contribution in [0.25, 0.3) is 0 Å². The van der Waals surface area contributed by atoms with Crippen molar-refractivity contribution in [3.05, 3.63) is 71.8 Å². The molecule has 0 atom stereocenters. The molecule has 2 aromatic carbocycles. The molecule has 2 fully saturated rings. The van der Waals surface area contributed by atoms with Gasteiger partial charge in [-0.05, 0) is 87.8 Å². The van der Waals surface area contributed by atoms with Gasteiger partial charge in [-0.3, -0.25) is 9.69 Å². The summed E-state index contributed by atoms with van der Waals surface area (Å²) >= 11 is 0. The van der Waals surface area contributed by atoms with Crippen LogP contribution in [0.2, 0.25) is 0 Å². The van der Waals surface area contributed by atoms with E-state index in [9.17, 15) is 14.4 Å². The Labute approximate surface area is 242 Å². The number of carbonyl (C=O) groups is 3. The van der Waals surface area contributed by atoms with Gasteiger partial charge < -0.3 is 25.7 Å². The Morgan fingerprint density at radius 2 is 1.27 bits per heavy atom. The number of carbonyl (C=O) groups excluding carboxylic acids is 1. The van der Waals surface area contributed by atoms with Crippen molar-refractivity contribution in [1.29, 1.82) is 0 Å². The Bertz CT molecular complexity index is 1170. The number of primary amides is 1. The SMILES string of the molecule is NC(=O)C1(N2CCCCC2)CCN(CCCN2c3ccccc3CCc3ccccc32)CC1.O=C(O)/C=C\C(=O)O. The number of para-hydroxylation sites is 2. The number of carboxylic acids is 2. The summed E-state index contributed by atoms with van der Waals surface area (Å²) in [6, 6.07) is 17.8. The fraction of sp³-hybridized carbons (Fsp3) is 0.469. The number of hydrogen-bond donors (Lipinski definition) is 3. The van der Waals surface area contributed by atoms with Gasteiger partial charge in [0, 0.05) is 43.2 Å². The second kappa shape index (κ2) is 14.3. The number of nitrogens with two attached hydrogens (primary N) is 1. The fourth-order valence-electron chi connectivity index (χ4n) is 6.39. The number of aryl methyl sites for hydroxylation is 2. The number of rotatable bonds is 8. The van der Waals surface area contributed by atoms with Gasteiger partial charge in [-0.2, -0.15) is 0 Å². The van der Waals surface area contributed by atoms with Crippen LogP contribution >= 0.6 is 0 Å². The lowest BCUT2D eigenvalue weighted by molar-refractivity contribution is -0.135. The molecule has 3 heterocycles. The van der Waals surface area contributed by atoms with Crippen molar-refractivity contribution >= 4 is 29.2 Å². The molecule has 0 saturated carbocycles. The minimum Gasteiger partial charge on any atom is -0.478 e. The van der Waals surface area contributed by atoms with Gasteiger partial charge in [0.05, 0.1) is 0 Å². The van der Waals surface area contributed by atoms with Crippen molar-refractivity contribution in [2.45, 2.75) is 56.9 Å². The highest BCUT2D eigenvalue weighted by Gasteiger charge is 2.44. The monoisotopic (exact) mass is 562 g/mol. The summed E-state index contributed by atoms with van der Waals surface area (Å²) in [5.74, 6) is -2.62. The molecular formula is C32H42N4O5. The first-order valence-corrected chi connectivity index (χ1v) is 14.6. The largest absolute Gasteiger partial charge is 0.478 e. The van der Waals surface area contributed by atoms with Crippen LogP contribution in [-0.2, 0) is 27.2 Å². The van der Waals surface area contributed by atoms with Gasteiger partial charge >= 0.3 is 11.9 Å². The summed E-state index contributed by atoms with van der Waals surface area (Å²) in [7, 11) is 0. The van der Waals surface area contributed by atoms with Crippen molar-refractivity contribution in [1.82, 2.24) is 9.80 Å². The smallest absolute Gasteiger partial charge is 0.328 e. The summed E-state index contributed by atoms with van der Waals surface area (Å²) in [4.78, 5) is 39.1. The van der Waals surface area contributed by atoms with E-state index >= 15 is 0 Å². The molecule has 3 aliphatic heterocycles. The lowest BCUT2D eigenvalue weighted by Gasteiger charge is -2.48. The van der Waals surface area contributed by atoms with E-state index in [-0.39, 0.29) is 5.91 Å². The lowest BCUT2D eigenvalue weighted by Crippen LogP contribution is -2.63. The summed E-state index contributed by atoms with van der Waals surface area (Å²) in [5.41, 5.74) is 11.2. The number of hydrogen-bond acceptors (Lipinski definition) is 6.